The van der Waals surface area contributed by atoms with Gasteiger partial charge in [-0.3, -0.25) is 14.3 Å². The van der Waals surface area contributed by atoms with Crippen LogP contribution in [0.3, 0.4) is 0 Å². The van der Waals surface area contributed by atoms with E-state index in [0.717, 1.165) is 18.6 Å². The third kappa shape index (κ3) is 4.54. The normalized spacial score (nSPS) is 12.0. The number of hydrogen-bond acceptors (Lipinski definition) is 4. The molecule has 0 amide bonds. The molecule has 0 saturated carbocycles. The Morgan fingerprint density at radius 3 is 2.74 bits per heavy atom. The Balaban J connectivity index is 1.86. The monoisotopic (exact) mass is 404 g/mol. The Morgan fingerprint density at radius 1 is 1.30 bits per heavy atom. The second-order valence-corrected chi connectivity index (χ2v) is 7.88. The minimum Gasteiger partial charge on any atom is -0.309 e. The SMILES string of the molecule is C/C(Cl)=C/Cn1c(SCCCc2ccccc2)nc2c1c(=O)[nH]c(=O)n2C. The van der Waals surface area contributed by atoms with Crippen LogP contribution in [-0.4, -0.2) is 24.9 Å². The topological polar surface area (TPSA) is 72.7 Å². The minimum absolute atomic E-state index is 0.384. The van der Waals surface area contributed by atoms with Crippen LogP contribution in [0.2, 0.25) is 0 Å². The van der Waals surface area contributed by atoms with E-state index in [1.807, 2.05) is 28.8 Å². The molecule has 27 heavy (non-hydrogen) atoms. The highest BCUT2D eigenvalue weighted by Gasteiger charge is 2.17. The lowest BCUT2D eigenvalue weighted by molar-refractivity contribution is 0.741. The van der Waals surface area contributed by atoms with Crippen LogP contribution < -0.4 is 11.2 Å². The van der Waals surface area contributed by atoms with Gasteiger partial charge in [-0.1, -0.05) is 59.8 Å². The summed E-state index contributed by atoms with van der Waals surface area (Å²) in [4.78, 5) is 31.1. The maximum atomic E-state index is 12.4. The fraction of sp³-hybridized carbons (Fsp3) is 0.316. The van der Waals surface area contributed by atoms with E-state index in [9.17, 15) is 9.59 Å². The van der Waals surface area contributed by atoms with E-state index in [-0.39, 0.29) is 0 Å². The van der Waals surface area contributed by atoms with Crippen molar-refractivity contribution in [3.63, 3.8) is 0 Å². The van der Waals surface area contributed by atoms with Crippen molar-refractivity contribution in [2.75, 3.05) is 5.75 Å². The second kappa shape index (κ2) is 8.63. The molecule has 1 aromatic carbocycles. The van der Waals surface area contributed by atoms with Gasteiger partial charge in [-0.05, 0) is 25.3 Å². The first-order chi connectivity index (χ1) is 13.0. The molecule has 3 rings (SSSR count). The number of hydrogen-bond donors (Lipinski definition) is 1. The Hall–Kier alpha value is -2.25. The van der Waals surface area contributed by atoms with Crippen LogP contribution >= 0.6 is 23.4 Å². The fourth-order valence-corrected chi connectivity index (χ4v) is 3.81. The number of H-pyrrole nitrogens is 1. The van der Waals surface area contributed by atoms with E-state index >= 15 is 0 Å². The maximum absolute atomic E-state index is 12.4. The van der Waals surface area contributed by atoms with Gasteiger partial charge in [-0.15, -0.1) is 0 Å². The molecule has 142 valence electrons. The van der Waals surface area contributed by atoms with Crippen LogP contribution in [0.4, 0.5) is 0 Å². The lowest BCUT2D eigenvalue weighted by atomic mass is 10.1. The predicted molar refractivity (Wildman–Crippen MR) is 111 cm³/mol. The van der Waals surface area contributed by atoms with Crippen LogP contribution in [0.15, 0.2) is 56.2 Å². The van der Waals surface area contributed by atoms with Gasteiger partial charge in [-0.2, -0.15) is 0 Å². The van der Waals surface area contributed by atoms with Crippen molar-refractivity contribution in [1.29, 1.82) is 0 Å². The van der Waals surface area contributed by atoms with Crippen LogP contribution in [0.1, 0.15) is 18.9 Å². The number of fused-ring (bicyclic) bond motifs is 1. The highest BCUT2D eigenvalue weighted by molar-refractivity contribution is 7.99. The van der Waals surface area contributed by atoms with Crippen molar-refractivity contribution in [2.45, 2.75) is 31.5 Å². The van der Waals surface area contributed by atoms with E-state index < -0.39 is 11.2 Å². The molecule has 0 aliphatic carbocycles. The molecule has 6 nitrogen and oxygen atoms in total. The van der Waals surface area contributed by atoms with E-state index in [1.54, 1.807) is 25.7 Å². The van der Waals surface area contributed by atoms with Gasteiger partial charge < -0.3 is 4.57 Å². The molecule has 0 fully saturated rings. The standard InChI is InChI=1S/C19H21ClN4O2S/c1-13(20)10-11-24-15-16(23(2)18(26)22-17(15)25)21-19(24)27-12-6-9-14-7-4-3-5-8-14/h3-5,7-8,10H,6,9,11-12H2,1-2H3,(H,22,25,26)/b13-10-. The van der Waals surface area contributed by atoms with Crippen LogP contribution in [0, 0.1) is 0 Å². The van der Waals surface area contributed by atoms with Crippen molar-refractivity contribution >= 4 is 34.5 Å². The number of halogens is 1. The number of thioether (sulfide) groups is 1. The minimum atomic E-state index is -0.471. The largest absolute Gasteiger partial charge is 0.329 e. The second-order valence-electron chi connectivity index (χ2n) is 6.22. The Morgan fingerprint density at radius 2 is 2.04 bits per heavy atom. The number of aryl methyl sites for hydroxylation is 2. The molecule has 2 heterocycles. The number of allylic oxidation sites excluding steroid dienone is 2. The molecule has 0 radical (unpaired) electrons. The quantitative estimate of drug-likeness (QED) is 0.484. The molecule has 2 aromatic heterocycles. The molecule has 3 aromatic rings. The molecule has 8 heteroatoms. The Kier molecular flexibility index (Phi) is 6.23. The van der Waals surface area contributed by atoms with Gasteiger partial charge in [0.1, 0.15) is 0 Å². The van der Waals surface area contributed by atoms with E-state index in [0.29, 0.717) is 27.9 Å². The van der Waals surface area contributed by atoms with E-state index in [4.69, 9.17) is 11.6 Å². The van der Waals surface area contributed by atoms with Gasteiger partial charge in [0.15, 0.2) is 16.3 Å². The van der Waals surface area contributed by atoms with Gasteiger partial charge in [-0.25, -0.2) is 9.78 Å². The van der Waals surface area contributed by atoms with Gasteiger partial charge >= 0.3 is 5.69 Å². The predicted octanol–water partition coefficient (Wildman–Crippen LogP) is 3.29. The first-order valence-electron chi connectivity index (χ1n) is 8.66. The Bertz CT molecular complexity index is 1080. The highest BCUT2D eigenvalue weighted by atomic mass is 35.5. The van der Waals surface area contributed by atoms with Gasteiger partial charge in [0.25, 0.3) is 5.56 Å². The molecule has 0 saturated heterocycles. The highest BCUT2D eigenvalue weighted by Crippen LogP contribution is 2.23. The van der Waals surface area contributed by atoms with Gasteiger partial charge in [0, 0.05) is 24.4 Å². The first-order valence-corrected chi connectivity index (χ1v) is 10.0. The average molecular weight is 405 g/mol. The van der Waals surface area contributed by atoms with Crippen molar-refractivity contribution in [1.82, 2.24) is 19.1 Å². The summed E-state index contributed by atoms with van der Waals surface area (Å²) < 4.78 is 3.17. The summed E-state index contributed by atoms with van der Waals surface area (Å²) in [7, 11) is 1.60. The zero-order valence-electron chi connectivity index (χ0n) is 15.2. The van der Waals surface area contributed by atoms with E-state index in [2.05, 4.69) is 22.1 Å². The van der Waals surface area contributed by atoms with Gasteiger partial charge in [0.2, 0.25) is 0 Å². The number of nitrogens with one attached hydrogen (secondary N) is 1. The van der Waals surface area contributed by atoms with Crippen molar-refractivity contribution in [2.24, 2.45) is 7.05 Å². The first kappa shape index (κ1) is 19.5. The zero-order chi connectivity index (χ0) is 19.4. The average Bonchev–Trinajstić information content (AvgIpc) is 3.01. The molecule has 0 spiro atoms. The third-order valence-corrected chi connectivity index (χ3v) is 5.43. The summed E-state index contributed by atoms with van der Waals surface area (Å²) in [6.07, 6.45) is 3.78. The molecule has 0 unspecified atom stereocenters. The molecule has 0 bridgehead atoms. The fourth-order valence-electron chi connectivity index (χ4n) is 2.80. The zero-order valence-corrected chi connectivity index (χ0v) is 16.8. The van der Waals surface area contributed by atoms with Crippen molar-refractivity contribution in [3.05, 3.63) is 67.8 Å². The molecule has 0 aliphatic rings. The number of aromatic nitrogens is 4. The maximum Gasteiger partial charge on any atom is 0.329 e. The molecule has 0 atom stereocenters. The molecule has 1 N–H and O–H groups in total. The number of nitrogens with zero attached hydrogens (tertiary/aromatic N) is 3. The Labute approximate surface area is 165 Å². The van der Waals surface area contributed by atoms with Gasteiger partial charge in [0.05, 0.1) is 0 Å². The number of aromatic amines is 1. The van der Waals surface area contributed by atoms with Crippen LogP contribution in [-0.2, 0) is 20.0 Å². The van der Waals surface area contributed by atoms with E-state index in [1.165, 1.54) is 10.1 Å². The summed E-state index contributed by atoms with van der Waals surface area (Å²) in [5.74, 6) is 0.855. The molecular formula is C19H21ClN4O2S. The summed E-state index contributed by atoms with van der Waals surface area (Å²) in [5, 5.41) is 1.34. The van der Waals surface area contributed by atoms with Crippen molar-refractivity contribution in [3.8, 4) is 0 Å². The lowest BCUT2D eigenvalue weighted by Crippen LogP contribution is -2.29. The number of benzene rings is 1. The third-order valence-electron chi connectivity index (χ3n) is 4.21. The summed E-state index contributed by atoms with van der Waals surface area (Å²) in [6.45, 7) is 2.21. The summed E-state index contributed by atoms with van der Waals surface area (Å²) in [5.41, 5.74) is 1.16. The molecular weight excluding hydrogens is 384 g/mol. The number of rotatable bonds is 7. The lowest BCUT2D eigenvalue weighted by Gasteiger charge is -2.06. The van der Waals surface area contributed by atoms with Crippen LogP contribution in [0.25, 0.3) is 11.2 Å². The summed E-state index contributed by atoms with van der Waals surface area (Å²) in [6, 6.07) is 10.3. The smallest absolute Gasteiger partial charge is 0.309 e. The summed E-state index contributed by atoms with van der Waals surface area (Å²) >= 11 is 7.55. The van der Waals surface area contributed by atoms with Crippen LogP contribution in [0.5, 0.6) is 0 Å². The number of imidazole rings is 1. The van der Waals surface area contributed by atoms with Crippen molar-refractivity contribution < 1.29 is 0 Å². The molecule has 0 aliphatic heterocycles.